The first kappa shape index (κ1) is 30.0. The summed E-state index contributed by atoms with van der Waals surface area (Å²) in [6.45, 7) is 24.1. The van der Waals surface area contributed by atoms with Gasteiger partial charge in [0.2, 0.25) is 0 Å². The summed E-state index contributed by atoms with van der Waals surface area (Å²) in [5.74, 6) is 0. The Bertz CT molecular complexity index is 468. The molecule has 0 bridgehead atoms. The highest BCUT2D eigenvalue weighted by atomic mass is 28.4. The van der Waals surface area contributed by atoms with E-state index in [4.69, 9.17) is 8.85 Å². The van der Waals surface area contributed by atoms with Gasteiger partial charge in [-0.05, 0) is 48.4 Å². The van der Waals surface area contributed by atoms with Crippen LogP contribution in [-0.2, 0) is 8.85 Å². The summed E-state index contributed by atoms with van der Waals surface area (Å²) in [7, 11) is -1.46. The summed E-state index contributed by atoms with van der Waals surface area (Å²) < 4.78 is 12.2. The lowest BCUT2D eigenvalue weighted by Crippen LogP contribution is -2.41. The molecule has 0 rings (SSSR count). The lowest BCUT2D eigenvalue weighted by molar-refractivity contribution is 0.240. The van der Waals surface area contributed by atoms with E-state index in [1.54, 1.807) is 0 Å². The standard InChI is InChI=1S/C26H48O2Si3/c1-9-17-29(18-10-2,19-11-3)23-15-25-31(27-7,28-8)26-16-24-30(20-12-4,21-13-5)22-14-6/h9-14H,1-6,15-26H2,7-8H3. The lowest BCUT2D eigenvalue weighted by Gasteiger charge is -2.33. The van der Waals surface area contributed by atoms with Crippen molar-refractivity contribution in [1.82, 2.24) is 0 Å². The van der Waals surface area contributed by atoms with Crippen LogP contribution in [0.4, 0.5) is 0 Å². The largest absolute Gasteiger partial charge is 0.398 e. The molecule has 0 unspecified atom stereocenters. The van der Waals surface area contributed by atoms with Crippen LogP contribution in [0.25, 0.3) is 0 Å². The first-order valence-electron chi connectivity index (χ1n) is 11.7. The second kappa shape index (κ2) is 16.6. The van der Waals surface area contributed by atoms with Crippen LogP contribution in [0.2, 0.25) is 60.4 Å². The zero-order valence-electron chi connectivity index (χ0n) is 20.5. The maximum absolute atomic E-state index is 6.10. The van der Waals surface area contributed by atoms with Gasteiger partial charge in [-0.2, -0.15) is 0 Å². The Balaban J connectivity index is 5.17. The van der Waals surface area contributed by atoms with Crippen molar-refractivity contribution >= 4 is 24.7 Å². The third-order valence-electron chi connectivity index (χ3n) is 6.74. The van der Waals surface area contributed by atoms with Gasteiger partial charge in [0.15, 0.2) is 0 Å². The van der Waals surface area contributed by atoms with Gasteiger partial charge in [-0.1, -0.05) is 61.4 Å². The van der Waals surface area contributed by atoms with E-state index in [-0.39, 0.29) is 0 Å². The molecule has 0 aliphatic carbocycles. The zero-order valence-corrected chi connectivity index (χ0v) is 23.5. The first-order chi connectivity index (χ1) is 14.9. The Hall–Kier alpha value is -0.989. The monoisotopic (exact) mass is 476 g/mol. The fraction of sp³-hybridized carbons (Fsp3) is 0.538. The molecule has 0 saturated heterocycles. The molecule has 31 heavy (non-hydrogen) atoms. The first-order valence-corrected chi connectivity index (χ1v) is 19.5. The fourth-order valence-corrected chi connectivity index (χ4v) is 16.2. The molecule has 0 spiro atoms. The van der Waals surface area contributed by atoms with Crippen LogP contribution in [0.15, 0.2) is 75.9 Å². The molecule has 176 valence electrons. The second-order valence-electron chi connectivity index (χ2n) is 8.98. The van der Waals surface area contributed by atoms with Crippen LogP contribution in [0.5, 0.6) is 0 Å². The summed E-state index contributed by atoms with van der Waals surface area (Å²) in [4.78, 5) is 0. The highest BCUT2D eigenvalue weighted by Gasteiger charge is 2.38. The van der Waals surface area contributed by atoms with Gasteiger partial charge in [0.05, 0.1) is 16.1 Å². The lowest BCUT2D eigenvalue weighted by atomic mass is 10.5. The quantitative estimate of drug-likeness (QED) is 0.115. The minimum Gasteiger partial charge on any atom is -0.398 e. The molecular formula is C26H48O2Si3. The minimum atomic E-state index is -2.19. The molecule has 5 heteroatoms. The molecule has 0 aromatic heterocycles. The van der Waals surface area contributed by atoms with Crippen LogP contribution >= 0.6 is 0 Å². The molecule has 0 heterocycles. The molecule has 0 atom stereocenters. The average Bonchev–Trinajstić information content (AvgIpc) is 2.74. The van der Waals surface area contributed by atoms with Gasteiger partial charge in [-0.25, -0.2) is 0 Å². The number of allylic oxidation sites excluding steroid dienone is 6. The minimum absolute atomic E-state index is 1.05. The Morgan fingerprint density at radius 1 is 0.484 bits per heavy atom. The van der Waals surface area contributed by atoms with Crippen LogP contribution in [0, 0.1) is 0 Å². The predicted octanol–water partition coefficient (Wildman–Crippen LogP) is 8.52. The van der Waals surface area contributed by atoms with Gasteiger partial charge >= 0.3 is 8.56 Å². The van der Waals surface area contributed by atoms with Crippen molar-refractivity contribution in [2.24, 2.45) is 0 Å². The third kappa shape index (κ3) is 10.4. The third-order valence-corrected chi connectivity index (χ3v) is 20.2. The molecule has 0 saturated carbocycles. The molecule has 0 N–H and O–H groups in total. The molecule has 0 aromatic carbocycles. The fourth-order valence-electron chi connectivity index (χ4n) is 5.03. The summed E-state index contributed by atoms with van der Waals surface area (Å²) in [5.41, 5.74) is 0. The molecule has 0 radical (unpaired) electrons. The van der Waals surface area contributed by atoms with Gasteiger partial charge in [0, 0.05) is 14.2 Å². The average molecular weight is 477 g/mol. The Kier molecular flexibility index (Phi) is 16.1. The van der Waals surface area contributed by atoms with Crippen LogP contribution < -0.4 is 0 Å². The highest BCUT2D eigenvalue weighted by molar-refractivity contribution is 6.81. The highest BCUT2D eigenvalue weighted by Crippen LogP contribution is 2.34. The number of rotatable bonds is 22. The van der Waals surface area contributed by atoms with Crippen molar-refractivity contribution < 1.29 is 8.85 Å². The Morgan fingerprint density at radius 3 is 0.935 bits per heavy atom. The molecule has 2 nitrogen and oxygen atoms in total. The molecule has 0 amide bonds. The summed E-state index contributed by atoms with van der Waals surface area (Å²) in [5, 5.41) is 0. The van der Waals surface area contributed by atoms with E-state index in [0.29, 0.717) is 0 Å². The molecule has 0 aromatic rings. The van der Waals surface area contributed by atoms with Crippen molar-refractivity contribution in [3.05, 3.63) is 75.9 Å². The normalized spacial score (nSPS) is 12.2. The van der Waals surface area contributed by atoms with E-state index in [2.05, 4.69) is 75.9 Å². The van der Waals surface area contributed by atoms with E-state index in [1.807, 2.05) is 14.2 Å². The van der Waals surface area contributed by atoms with Gasteiger partial charge in [0.1, 0.15) is 0 Å². The van der Waals surface area contributed by atoms with Gasteiger partial charge in [-0.3, -0.25) is 0 Å². The maximum Gasteiger partial charge on any atom is 0.337 e. The summed E-state index contributed by atoms with van der Waals surface area (Å²) >= 11 is 0. The maximum atomic E-state index is 6.10. The number of hydrogen-bond acceptors (Lipinski definition) is 2. The Morgan fingerprint density at radius 2 is 0.742 bits per heavy atom. The van der Waals surface area contributed by atoms with Crippen molar-refractivity contribution in [2.45, 2.75) is 73.3 Å². The van der Waals surface area contributed by atoms with Crippen molar-refractivity contribution in [1.29, 1.82) is 0 Å². The second-order valence-corrected chi connectivity index (χ2v) is 22.1. The van der Waals surface area contributed by atoms with E-state index in [1.165, 1.54) is 12.1 Å². The molecule has 0 fully saturated rings. The van der Waals surface area contributed by atoms with Crippen LogP contribution in [0.3, 0.4) is 0 Å². The van der Waals surface area contributed by atoms with Crippen molar-refractivity contribution in [2.75, 3.05) is 14.2 Å². The van der Waals surface area contributed by atoms with E-state index in [9.17, 15) is 0 Å². The SMILES string of the molecule is C=CC[Si](CC=C)(CC=C)CCC[Si](CCC[Si](CC=C)(CC=C)CC=C)(OC)OC. The predicted molar refractivity (Wildman–Crippen MR) is 150 cm³/mol. The molecular weight excluding hydrogens is 429 g/mol. The van der Waals surface area contributed by atoms with Crippen LogP contribution in [-0.4, -0.2) is 38.9 Å². The van der Waals surface area contributed by atoms with Crippen molar-refractivity contribution in [3.8, 4) is 0 Å². The molecule has 0 aliphatic rings. The van der Waals surface area contributed by atoms with Gasteiger partial charge in [-0.15, -0.1) is 39.5 Å². The number of hydrogen-bond donors (Lipinski definition) is 0. The summed E-state index contributed by atoms with van der Waals surface area (Å²) in [6, 6.07) is 11.4. The van der Waals surface area contributed by atoms with Gasteiger partial charge in [0.25, 0.3) is 0 Å². The zero-order chi connectivity index (χ0) is 23.6. The summed E-state index contributed by atoms with van der Waals surface area (Å²) in [6.07, 6.45) is 14.9. The van der Waals surface area contributed by atoms with E-state index >= 15 is 0 Å². The van der Waals surface area contributed by atoms with E-state index < -0.39 is 24.7 Å². The topological polar surface area (TPSA) is 18.5 Å². The smallest absolute Gasteiger partial charge is 0.337 e. The van der Waals surface area contributed by atoms with E-state index in [0.717, 1.165) is 61.2 Å². The van der Waals surface area contributed by atoms with Crippen molar-refractivity contribution in [3.63, 3.8) is 0 Å². The Labute approximate surface area is 196 Å². The van der Waals surface area contributed by atoms with Crippen LogP contribution in [0.1, 0.15) is 12.8 Å². The van der Waals surface area contributed by atoms with Gasteiger partial charge < -0.3 is 8.85 Å². The molecule has 0 aliphatic heterocycles.